The van der Waals surface area contributed by atoms with Crippen molar-refractivity contribution in [1.29, 1.82) is 0 Å². The molecule has 1 aliphatic rings. The molecule has 1 heterocycles. The molecule has 3 nitrogen and oxygen atoms in total. The maximum absolute atomic E-state index is 6.31. The van der Waals surface area contributed by atoms with Crippen molar-refractivity contribution in [2.24, 2.45) is 0 Å². The van der Waals surface area contributed by atoms with Crippen LogP contribution in [0.4, 0.5) is 5.69 Å². The molecule has 32 heavy (non-hydrogen) atoms. The molecule has 0 aliphatic carbocycles. The Kier molecular flexibility index (Phi) is 6.59. The zero-order chi connectivity index (χ0) is 22.7. The second-order valence-electron chi connectivity index (χ2n) is 8.76. The maximum Gasteiger partial charge on any atom is 0.126 e. The van der Waals surface area contributed by atoms with Gasteiger partial charge in [0.05, 0.1) is 25.4 Å². The van der Waals surface area contributed by atoms with Crippen LogP contribution in [0.1, 0.15) is 31.9 Å². The van der Waals surface area contributed by atoms with Gasteiger partial charge in [-0.05, 0) is 68.2 Å². The minimum atomic E-state index is -0.158. The fourth-order valence-electron chi connectivity index (χ4n) is 4.27. The Morgan fingerprint density at radius 1 is 0.969 bits per heavy atom. The number of hydrogen-bond donors (Lipinski definition) is 1. The van der Waals surface area contributed by atoms with Gasteiger partial charge in [-0.3, -0.25) is 0 Å². The first-order valence-electron chi connectivity index (χ1n) is 11.0. The van der Waals surface area contributed by atoms with Crippen LogP contribution in [-0.2, 0) is 11.2 Å². The standard InChI is InChI=1S/C28H30ClNO2/c1-19(32-16-15-20-9-5-7-11-25(20)29)24-18-28(2,3)30-26-14-13-21(17-23(24)26)22-10-6-8-12-27(22)31-4/h5-14,17-19,30H,15-16H2,1-4H3. The number of ether oxygens (including phenoxy) is 2. The van der Waals surface area contributed by atoms with Gasteiger partial charge in [-0.1, -0.05) is 60.1 Å². The van der Waals surface area contributed by atoms with E-state index in [0.29, 0.717) is 6.61 Å². The van der Waals surface area contributed by atoms with Crippen LogP contribution in [-0.4, -0.2) is 25.4 Å². The molecule has 1 unspecified atom stereocenters. The van der Waals surface area contributed by atoms with Crippen LogP contribution in [0.5, 0.6) is 5.75 Å². The molecule has 0 radical (unpaired) electrons. The average molecular weight is 448 g/mol. The van der Waals surface area contributed by atoms with Gasteiger partial charge in [-0.2, -0.15) is 0 Å². The van der Waals surface area contributed by atoms with E-state index in [4.69, 9.17) is 21.1 Å². The van der Waals surface area contributed by atoms with Gasteiger partial charge in [0.15, 0.2) is 0 Å². The minimum absolute atomic E-state index is 0.0504. The van der Waals surface area contributed by atoms with Crippen molar-refractivity contribution in [3.8, 4) is 16.9 Å². The summed E-state index contributed by atoms with van der Waals surface area (Å²) < 4.78 is 11.9. The zero-order valence-electron chi connectivity index (χ0n) is 19.1. The maximum atomic E-state index is 6.31. The van der Waals surface area contributed by atoms with E-state index in [-0.39, 0.29) is 11.6 Å². The highest BCUT2D eigenvalue weighted by Gasteiger charge is 2.27. The number of benzene rings is 3. The predicted molar refractivity (Wildman–Crippen MR) is 135 cm³/mol. The molecule has 166 valence electrons. The van der Waals surface area contributed by atoms with Crippen molar-refractivity contribution in [1.82, 2.24) is 0 Å². The van der Waals surface area contributed by atoms with Gasteiger partial charge in [-0.15, -0.1) is 0 Å². The van der Waals surface area contributed by atoms with E-state index in [1.807, 2.05) is 36.4 Å². The van der Waals surface area contributed by atoms with Crippen LogP contribution < -0.4 is 10.1 Å². The van der Waals surface area contributed by atoms with Gasteiger partial charge < -0.3 is 14.8 Å². The van der Waals surface area contributed by atoms with Gasteiger partial charge in [0, 0.05) is 21.8 Å². The Morgan fingerprint density at radius 2 is 1.72 bits per heavy atom. The first kappa shape index (κ1) is 22.4. The summed E-state index contributed by atoms with van der Waals surface area (Å²) >= 11 is 6.31. The molecular weight excluding hydrogens is 418 g/mol. The Bertz CT molecular complexity index is 1140. The first-order valence-corrected chi connectivity index (χ1v) is 11.4. The highest BCUT2D eigenvalue weighted by Crippen LogP contribution is 2.40. The summed E-state index contributed by atoms with van der Waals surface area (Å²) in [6.45, 7) is 7.10. The van der Waals surface area contributed by atoms with Gasteiger partial charge in [0.1, 0.15) is 5.75 Å². The monoisotopic (exact) mass is 447 g/mol. The molecule has 0 saturated carbocycles. The Morgan fingerprint density at radius 3 is 2.50 bits per heavy atom. The van der Waals surface area contributed by atoms with Crippen molar-refractivity contribution in [3.05, 3.63) is 89.0 Å². The number of hydrogen-bond acceptors (Lipinski definition) is 3. The predicted octanol–water partition coefficient (Wildman–Crippen LogP) is 7.25. The number of rotatable bonds is 7. The third kappa shape index (κ3) is 4.85. The lowest BCUT2D eigenvalue weighted by Crippen LogP contribution is -2.33. The van der Waals surface area contributed by atoms with Crippen LogP contribution >= 0.6 is 11.6 Å². The largest absolute Gasteiger partial charge is 0.496 e. The van der Waals surface area contributed by atoms with E-state index in [2.05, 4.69) is 62.5 Å². The van der Waals surface area contributed by atoms with Crippen LogP contribution in [0.25, 0.3) is 16.7 Å². The molecule has 1 N–H and O–H groups in total. The van der Waals surface area contributed by atoms with Crippen molar-refractivity contribution >= 4 is 22.9 Å². The highest BCUT2D eigenvalue weighted by atomic mass is 35.5. The molecule has 0 spiro atoms. The van der Waals surface area contributed by atoms with Gasteiger partial charge in [-0.25, -0.2) is 0 Å². The number of nitrogens with one attached hydrogen (secondary N) is 1. The summed E-state index contributed by atoms with van der Waals surface area (Å²) in [5.41, 5.74) is 6.63. The van der Waals surface area contributed by atoms with Crippen molar-refractivity contribution in [2.75, 3.05) is 19.0 Å². The van der Waals surface area contributed by atoms with E-state index >= 15 is 0 Å². The Labute approximate surface area is 196 Å². The number of anilines is 1. The molecule has 0 saturated heterocycles. The fraction of sp³-hybridized carbons (Fsp3) is 0.286. The van der Waals surface area contributed by atoms with Crippen LogP contribution in [0.2, 0.25) is 5.02 Å². The Balaban J connectivity index is 1.60. The number of halogens is 1. The summed E-state index contributed by atoms with van der Waals surface area (Å²) in [5, 5.41) is 4.43. The molecule has 0 aromatic heterocycles. The third-order valence-electron chi connectivity index (χ3n) is 5.86. The summed E-state index contributed by atoms with van der Waals surface area (Å²) in [6.07, 6.45) is 3.01. The Hall–Kier alpha value is -2.75. The normalized spacial score (nSPS) is 15.3. The van der Waals surface area contributed by atoms with E-state index in [1.165, 1.54) is 5.57 Å². The number of methoxy groups -OCH3 is 1. The lowest BCUT2D eigenvalue weighted by atomic mass is 9.86. The SMILES string of the molecule is COc1ccccc1-c1ccc2c(c1)C(C(C)OCCc1ccccc1Cl)=CC(C)(C)N2. The number of fused-ring (bicyclic) bond motifs is 1. The molecule has 3 aromatic carbocycles. The minimum Gasteiger partial charge on any atom is -0.496 e. The third-order valence-corrected chi connectivity index (χ3v) is 6.23. The fourth-order valence-corrected chi connectivity index (χ4v) is 4.50. The van der Waals surface area contributed by atoms with E-state index in [9.17, 15) is 0 Å². The second-order valence-corrected chi connectivity index (χ2v) is 9.17. The van der Waals surface area contributed by atoms with E-state index in [1.54, 1.807) is 7.11 Å². The molecule has 0 bridgehead atoms. The topological polar surface area (TPSA) is 30.5 Å². The smallest absolute Gasteiger partial charge is 0.126 e. The quantitative estimate of drug-likeness (QED) is 0.413. The zero-order valence-corrected chi connectivity index (χ0v) is 19.9. The summed E-state index contributed by atoms with van der Waals surface area (Å²) in [6, 6.07) is 22.6. The van der Waals surface area contributed by atoms with Gasteiger partial charge >= 0.3 is 0 Å². The molecule has 3 aromatic rings. The van der Waals surface area contributed by atoms with Crippen LogP contribution in [0.15, 0.2) is 72.8 Å². The average Bonchev–Trinajstić information content (AvgIpc) is 2.79. The van der Waals surface area contributed by atoms with Gasteiger partial charge in [0.2, 0.25) is 0 Å². The summed E-state index contributed by atoms with van der Waals surface area (Å²) in [5.74, 6) is 0.867. The molecule has 0 amide bonds. The van der Waals surface area contributed by atoms with Crippen LogP contribution in [0, 0.1) is 0 Å². The lowest BCUT2D eigenvalue weighted by Gasteiger charge is -2.34. The van der Waals surface area contributed by atoms with Crippen molar-refractivity contribution in [2.45, 2.75) is 38.8 Å². The molecule has 4 rings (SSSR count). The molecule has 4 heteroatoms. The highest BCUT2D eigenvalue weighted by molar-refractivity contribution is 6.31. The number of para-hydroxylation sites is 1. The molecule has 0 fully saturated rings. The van der Waals surface area contributed by atoms with E-state index in [0.717, 1.165) is 45.1 Å². The van der Waals surface area contributed by atoms with Crippen LogP contribution in [0.3, 0.4) is 0 Å². The summed E-state index contributed by atoms with van der Waals surface area (Å²) in [7, 11) is 1.71. The second kappa shape index (κ2) is 9.40. The first-order chi connectivity index (χ1) is 15.4. The molecule has 1 atom stereocenters. The van der Waals surface area contributed by atoms with Crippen molar-refractivity contribution in [3.63, 3.8) is 0 Å². The summed E-state index contributed by atoms with van der Waals surface area (Å²) in [4.78, 5) is 0. The lowest BCUT2D eigenvalue weighted by molar-refractivity contribution is 0.106. The van der Waals surface area contributed by atoms with E-state index < -0.39 is 0 Å². The molecule has 1 aliphatic heterocycles. The molecular formula is C28H30ClNO2. The van der Waals surface area contributed by atoms with Crippen molar-refractivity contribution < 1.29 is 9.47 Å². The van der Waals surface area contributed by atoms with Gasteiger partial charge in [0.25, 0.3) is 0 Å².